The predicted molar refractivity (Wildman–Crippen MR) is 74.4 cm³/mol. The number of rotatable bonds is 4. The lowest BCUT2D eigenvalue weighted by atomic mass is 9.95. The number of nitrogens with zero attached hydrogens (tertiary/aromatic N) is 1. The molecule has 2 rings (SSSR count). The van der Waals surface area contributed by atoms with Gasteiger partial charge in [0.2, 0.25) is 0 Å². The van der Waals surface area contributed by atoms with Crippen LogP contribution in [0.4, 0.5) is 8.78 Å². The zero-order valence-corrected chi connectivity index (χ0v) is 11.8. The predicted octanol–water partition coefficient (Wildman–Crippen LogP) is 2.47. The highest BCUT2D eigenvalue weighted by molar-refractivity contribution is 5.25. The molecule has 112 valence electrons. The van der Waals surface area contributed by atoms with E-state index in [4.69, 9.17) is 10.5 Å². The molecule has 1 saturated heterocycles. The van der Waals surface area contributed by atoms with Crippen molar-refractivity contribution >= 4 is 0 Å². The van der Waals surface area contributed by atoms with Gasteiger partial charge in [-0.1, -0.05) is 12.5 Å². The summed E-state index contributed by atoms with van der Waals surface area (Å²) in [4.78, 5) is 2.04. The van der Waals surface area contributed by atoms with Crippen molar-refractivity contribution in [2.45, 2.75) is 31.3 Å². The number of methoxy groups -OCH3 is 1. The molecule has 1 aliphatic heterocycles. The van der Waals surface area contributed by atoms with Crippen molar-refractivity contribution in [3.8, 4) is 0 Å². The van der Waals surface area contributed by atoms with E-state index in [1.807, 2.05) is 4.90 Å². The molecule has 0 aromatic heterocycles. The van der Waals surface area contributed by atoms with E-state index in [9.17, 15) is 8.78 Å². The van der Waals surface area contributed by atoms with E-state index >= 15 is 0 Å². The zero-order valence-electron chi connectivity index (χ0n) is 11.8. The lowest BCUT2D eigenvalue weighted by molar-refractivity contribution is 0.111. The highest BCUT2D eigenvalue weighted by Gasteiger charge is 2.32. The van der Waals surface area contributed by atoms with Crippen LogP contribution in [0.25, 0.3) is 0 Å². The Morgan fingerprint density at radius 2 is 2.00 bits per heavy atom. The Labute approximate surface area is 118 Å². The maximum atomic E-state index is 14.1. The summed E-state index contributed by atoms with van der Waals surface area (Å²) < 4.78 is 33.3. The number of benzene rings is 1. The Morgan fingerprint density at radius 1 is 1.30 bits per heavy atom. The Kier molecular flexibility index (Phi) is 5.46. The van der Waals surface area contributed by atoms with Gasteiger partial charge in [-0.25, -0.2) is 8.78 Å². The van der Waals surface area contributed by atoms with E-state index < -0.39 is 17.7 Å². The molecule has 20 heavy (non-hydrogen) atoms. The number of hydrogen-bond acceptors (Lipinski definition) is 3. The molecule has 3 nitrogen and oxygen atoms in total. The van der Waals surface area contributed by atoms with Crippen molar-refractivity contribution in [2.75, 3.05) is 26.8 Å². The molecule has 1 aromatic rings. The van der Waals surface area contributed by atoms with Gasteiger partial charge < -0.3 is 10.5 Å². The number of likely N-dealkylation sites (tertiary alicyclic amines) is 1. The van der Waals surface area contributed by atoms with E-state index in [-0.39, 0.29) is 11.6 Å². The first kappa shape index (κ1) is 15.4. The molecule has 0 radical (unpaired) electrons. The van der Waals surface area contributed by atoms with Crippen LogP contribution in [0.3, 0.4) is 0 Å². The van der Waals surface area contributed by atoms with Crippen molar-refractivity contribution in [3.05, 3.63) is 35.4 Å². The first-order valence-electron chi connectivity index (χ1n) is 7.07. The van der Waals surface area contributed by atoms with Crippen LogP contribution in [0.5, 0.6) is 0 Å². The lowest BCUT2D eigenvalue weighted by Gasteiger charge is -2.34. The van der Waals surface area contributed by atoms with Crippen LogP contribution < -0.4 is 5.73 Å². The van der Waals surface area contributed by atoms with Crippen LogP contribution >= 0.6 is 0 Å². The highest BCUT2D eigenvalue weighted by atomic mass is 19.1. The normalized spacial score (nSPS) is 24.6. The largest absolute Gasteiger partial charge is 0.383 e. The summed E-state index contributed by atoms with van der Waals surface area (Å²) >= 11 is 0. The third-order valence-electron chi connectivity index (χ3n) is 3.91. The maximum absolute atomic E-state index is 14.1. The Balaban J connectivity index is 2.35. The second kappa shape index (κ2) is 7.11. The molecule has 2 unspecified atom stereocenters. The minimum absolute atomic E-state index is 0.0954. The van der Waals surface area contributed by atoms with Crippen molar-refractivity contribution < 1.29 is 13.5 Å². The number of hydrogen-bond donors (Lipinski definition) is 1. The fraction of sp³-hybridized carbons (Fsp3) is 0.600. The first-order valence-corrected chi connectivity index (χ1v) is 7.07. The third kappa shape index (κ3) is 3.34. The third-order valence-corrected chi connectivity index (χ3v) is 3.91. The quantitative estimate of drug-likeness (QED) is 0.923. The minimum atomic E-state index is -0.519. The number of nitrogens with two attached hydrogens (primary N) is 1. The summed E-state index contributed by atoms with van der Waals surface area (Å²) in [6.45, 7) is 1.94. The average molecular weight is 284 g/mol. The summed E-state index contributed by atoms with van der Waals surface area (Å²) in [6.07, 6.45) is 2.75. The molecule has 5 heteroatoms. The van der Waals surface area contributed by atoms with E-state index in [0.29, 0.717) is 13.2 Å². The van der Waals surface area contributed by atoms with Crippen molar-refractivity contribution in [1.82, 2.24) is 4.90 Å². The molecule has 1 fully saturated rings. The van der Waals surface area contributed by atoms with Crippen LogP contribution in [0.15, 0.2) is 18.2 Å². The highest BCUT2D eigenvalue weighted by Crippen LogP contribution is 2.32. The fourth-order valence-electron chi connectivity index (χ4n) is 2.91. The second-order valence-electron chi connectivity index (χ2n) is 5.27. The van der Waals surface area contributed by atoms with Gasteiger partial charge in [0.1, 0.15) is 11.6 Å². The van der Waals surface area contributed by atoms with Gasteiger partial charge >= 0.3 is 0 Å². The van der Waals surface area contributed by atoms with Crippen molar-refractivity contribution in [2.24, 2.45) is 5.73 Å². The molecule has 2 N–H and O–H groups in total. The van der Waals surface area contributed by atoms with Gasteiger partial charge in [0, 0.05) is 25.3 Å². The zero-order chi connectivity index (χ0) is 14.5. The molecule has 1 heterocycles. The second-order valence-corrected chi connectivity index (χ2v) is 5.27. The number of halogens is 2. The summed E-state index contributed by atoms with van der Waals surface area (Å²) in [7, 11) is 1.62. The van der Waals surface area contributed by atoms with E-state index in [0.717, 1.165) is 25.8 Å². The average Bonchev–Trinajstić information content (AvgIpc) is 2.59. The van der Waals surface area contributed by atoms with Gasteiger partial charge in [-0.3, -0.25) is 4.90 Å². The summed E-state index contributed by atoms with van der Waals surface area (Å²) in [6, 6.07) is 3.29. The molecule has 0 saturated carbocycles. The smallest absolute Gasteiger partial charge is 0.130 e. The molecule has 1 aliphatic rings. The van der Waals surface area contributed by atoms with Gasteiger partial charge in [0.05, 0.1) is 12.6 Å². The van der Waals surface area contributed by atoms with Crippen molar-refractivity contribution in [3.63, 3.8) is 0 Å². The Hall–Kier alpha value is -1.04. The summed E-state index contributed by atoms with van der Waals surface area (Å²) in [5.74, 6) is -1.04. The summed E-state index contributed by atoms with van der Waals surface area (Å²) in [5.41, 5.74) is 6.29. The monoisotopic (exact) mass is 284 g/mol. The topological polar surface area (TPSA) is 38.5 Å². The standard InChI is InChI=1S/C15H22F2N2O/c1-20-10-9-19-8-3-2-7-13(18)15(19)14-11(16)5-4-6-12(14)17/h4-6,13,15H,2-3,7-10,18H2,1H3. The van der Waals surface area contributed by atoms with Gasteiger partial charge in [-0.15, -0.1) is 0 Å². The fourth-order valence-corrected chi connectivity index (χ4v) is 2.91. The van der Waals surface area contributed by atoms with Gasteiger partial charge in [0.25, 0.3) is 0 Å². The van der Waals surface area contributed by atoms with Crippen LogP contribution in [0, 0.1) is 11.6 Å². The maximum Gasteiger partial charge on any atom is 0.130 e. The molecular formula is C15H22F2N2O. The molecule has 0 bridgehead atoms. The van der Waals surface area contributed by atoms with Crippen molar-refractivity contribution in [1.29, 1.82) is 0 Å². The SMILES string of the molecule is COCCN1CCCCC(N)C1c1c(F)cccc1F. The molecule has 1 aromatic carbocycles. The van der Waals surface area contributed by atoms with Crippen LogP contribution in [0.1, 0.15) is 30.9 Å². The van der Waals surface area contributed by atoms with Gasteiger partial charge in [-0.2, -0.15) is 0 Å². The Bertz CT molecular complexity index is 422. The van der Waals surface area contributed by atoms with E-state index in [1.54, 1.807) is 7.11 Å². The van der Waals surface area contributed by atoms with Crippen LogP contribution in [0.2, 0.25) is 0 Å². The molecule has 0 amide bonds. The Morgan fingerprint density at radius 3 is 2.65 bits per heavy atom. The lowest BCUT2D eigenvalue weighted by Crippen LogP contribution is -2.42. The minimum Gasteiger partial charge on any atom is -0.383 e. The van der Waals surface area contributed by atoms with Gasteiger partial charge in [-0.05, 0) is 31.5 Å². The van der Waals surface area contributed by atoms with E-state index in [2.05, 4.69) is 0 Å². The van der Waals surface area contributed by atoms with Gasteiger partial charge in [0.15, 0.2) is 0 Å². The molecule has 0 spiro atoms. The molecule has 2 atom stereocenters. The summed E-state index contributed by atoms with van der Waals surface area (Å²) in [5, 5.41) is 0. The molecular weight excluding hydrogens is 262 g/mol. The van der Waals surface area contributed by atoms with Crippen LogP contribution in [-0.4, -0.2) is 37.7 Å². The number of ether oxygens (including phenoxy) is 1. The molecule has 0 aliphatic carbocycles. The van der Waals surface area contributed by atoms with E-state index in [1.165, 1.54) is 18.2 Å². The first-order chi connectivity index (χ1) is 9.65. The van der Waals surface area contributed by atoms with Crippen LogP contribution in [-0.2, 0) is 4.74 Å².